The van der Waals surface area contributed by atoms with E-state index < -0.39 is 0 Å². The van der Waals surface area contributed by atoms with Crippen molar-refractivity contribution in [3.63, 3.8) is 0 Å². The minimum atomic E-state index is -0.137. The van der Waals surface area contributed by atoms with Crippen molar-refractivity contribution in [2.45, 2.75) is 11.6 Å². The maximum absolute atomic E-state index is 12.6. The molecular formula is C24H22N4O2S. The van der Waals surface area contributed by atoms with Gasteiger partial charge in [0.2, 0.25) is 5.91 Å². The lowest BCUT2D eigenvalue weighted by Crippen LogP contribution is -2.15. The Labute approximate surface area is 185 Å². The van der Waals surface area contributed by atoms with Crippen LogP contribution in [0.1, 0.15) is 11.4 Å². The molecule has 1 N–H and O–H groups in total. The third-order valence-electron chi connectivity index (χ3n) is 4.59. The van der Waals surface area contributed by atoms with Crippen LogP contribution in [-0.4, -0.2) is 26.4 Å². The van der Waals surface area contributed by atoms with Crippen LogP contribution >= 0.6 is 11.8 Å². The molecule has 0 unspecified atom stereocenters. The summed E-state index contributed by atoms with van der Waals surface area (Å²) in [7, 11) is 1.92. The number of ether oxygens (including phenoxy) is 1. The van der Waals surface area contributed by atoms with E-state index in [2.05, 4.69) is 27.6 Å². The van der Waals surface area contributed by atoms with Gasteiger partial charge >= 0.3 is 0 Å². The lowest BCUT2D eigenvalue weighted by atomic mass is 10.1. The molecule has 1 heterocycles. The summed E-state index contributed by atoms with van der Waals surface area (Å²) in [5.74, 6) is 2.24. The molecule has 0 atom stereocenters. The minimum absolute atomic E-state index is 0.137. The molecule has 0 fully saturated rings. The Morgan fingerprint density at radius 1 is 0.935 bits per heavy atom. The molecule has 1 amide bonds. The van der Waals surface area contributed by atoms with Crippen molar-refractivity contribution in [3.8, 4) is 11.5 Å². The summed E-state index contributed by atoms with van der Waals surface area (Å²) in [5.41, 5.74) is 1.79. The van der Waals surface area contributed by atoms with Crippen molar-refractivity contribution < 1.29 is 9.53 Å². The zero-order valence-electron chi connectivity index (χ0n) is 17.1. The van der Waals surface area contributed by atoms with E-state index in [1.54, 1.807) is 0 Å². The topological polar surface area (TPSA) is 69.0 Å². The number of rotatable bonds is 8. The quantitative estimate of drug-likeness (QED) is 0.402. The van der Waals surface area contributed by atoms with Crippen molar-refractivity contribution in [2.75, 3.05) is 11.1 Å². The number of hydrogen-bond donors (Lipinski definition) is 1. The van der Waals surface area contributed by atoms with Crippen LogP contribution in [0, 0.1) is 0 Å². The minimum Gasteiger partial charge on any atom is -0.455 e. The number of nitrogens with zero attached hydrogens (tertiary/aromatic N) is 3. The molecule has 0 saturated heterocycles. The van der Waals surface area contributed by atoms with Gasteiger partial charge in [0.05, 0.1) is 11.4 Å². The van der Waals surface area contributed by atoms with Gasteiger partial charge in [-0.05, 0) is 29.8 Å². The molecule has 4 rings (SSSR count). The van der Waals surface area contributed by atoms with Gasteiger partial charge in [0, 0.05) is 13.5 Å². The van der Waals surface area contributed by atoms with Crippen molar-refractivity contribution in [3.05, 3.63) is 96.3 Å². The van der Waals surface area contributed by atoms with Crippen molar-refractivity contribution in [1.29, 1.82) is 0 Å². The Kier molecular flexibility index (Phi) is 6.64. The summed E-state index contributed by atoms with van der Waals surface area (Å²) in [6.45, 7) is 0. The fourth-order valence-corrected chi connectivity index (χ4v) is 3.72. The Morgan fingerprint density at radius 3 is 2.39 bits per heavy atom. The summed E-state index contributed by atoms with van der Waals surface area (Å²) in [4.78, 5) is 12.6. The summed E-state index contributed by atoms with van der Waals surface area (Å²) >= 11 is 1.35. The van der Waals surface area contributed by atoms with E-state index in [4.69, 9.17) is 4.74 Å². The van der Waals surface area contributed by atoms with E-state index >= 15 is 0 Å². The number of benzene rings is 3. The van der Waals surface area contributed by atoms with Crippen LogP contribution in [0.15, 0.2) is 90.1 Å². The number of carbonyl (C=O) groups excluding carboxylic acids is 1. The van der Waals surface area contributed by atoms with Crippen LogP contribution in [0.25, 0.3) is 0 Å². The number of carbonyl (C=O) groups is 1. The molecule has 6 nitrogen and oxygen atoms in total. The first kappa shape index (κ1) is 20.7. The fraction of sp³-hybridized carbons (Fsp3) is 0.125. The zero-order valence-corrected chi connectivity index (χ0v) is 17.9. The highest BCUT2D eigenvalue weighted by atomic mass is 32.2. The Morgan fingerprint density at radius 2 is 1.61 bits per heavy atom. The molecule has 3 aromatic carbocycles. The predicted molar refractivity (Wildman–Crippen MR) is 123 cm³/mol. The van der Waals surface area contributed by atoms with Crippen LogP contribution < -0.4 is 10.1 Å². The molecule has 156 valence electrons. The van der Waals surface area contributed by atoms with E-state index in [0.29, 0.717) is 28.8 Å². The molecule has 1 aromatic heterocycles. The van der Waals surface area contributed by atoms with Crippen LogP contribution in [0.4, 0.5) is 5.69 Å². The molecule has 0 bridgehead atoms. The second-order valence-corrected chi connectivity index (χ2v) is 7.81. The number of para-hydroxylation sites is 3. The van der Waals surface area contributed by atoms with Gasteiger partial charge in [-0.3, -0.25) is 4.79 Å². The van der Waals surface area contributed by atoms with Crippen molar-refractivity contribution in [2.24, 2.45) is 7.05 Å². The first-order valence-corrected chi connectivity index (χ1v) is 10.8. The number of anilines is 1. The van der Waals surface area contributed by atoms with Gasteiger partial charge in [0.25, 0.3) is 0 Å². The Balaban J connectivity index is 1.36. The Hall–Kier alpha value is -3.58. The van der Waals surface area contributed by atoms with Crippen molar-refractivity contribution >= 4 is 23.4 Å². The molecule has 0 saturated carbocycles. The molecule has 0 aliphatic carbocycles. The molecular weight excluding hydrogens is 408 g/mol. The van der Waals surface area contributed by atoms with Gasteiger partial charge in [-0.2, -0.15) is 0 Å². The van der Waals surface area contributed by atoms with Crippen molar-refractivity contribution in [1.82, 2.24) is 14.8 Å². The SMILES string of the molecule is Cn1c(Cc2ccccc2)nnc1SCC(=O)Nc1ccccc1Oc1ccccc1. The van der Waals surface area contributed by atoms with Gasteiger partial charge < -0.3 is 14.6 Å². The smallest absolute Gasteiger partial charge is 0.234 e. The number of aromatic nitrogens is 3. The molecule has 4 aromatic rings. The average Bonchev–Trinajstić information content (AvgIpc) is 3.14. The van der Waals surface area contributed by atoms with Crippen LogP contribution in [0.3, 0.4) is 0 Å². The zero-order chi connectivity index (χ0) is 21.5. The van der Waals surface area contributed by atoms with Gasteiger partial charge in [-0.1, -0.05) is 72.4 Å². The first-order valence-electron chi connectivity index (χ1n) is 9.86. The third-order valence-corrected chi connectivity index (χ3v) is 5.61. The summed E-state index contributed by atoms with van der Waals surface area (Å²) in [6.07, 6.45) is 0.696. The second kappa shape index (κ2) is 9.95. The summed E-state index contributed by atoms with van der Waals surface area (Å²) in [5, 5.41) is 12.1. The highest BCUT2D eigenvalue weighted by molar-refractivity contribution is 7.99. The molecule has 0 radical (unpaired) electrons. The molecule has 31 heavy (non-hydrogen) atoms. The highest BCUT2D eigenvalue weighted by Gasteiger charge is 2.13. The molecule has 0 aliphatic heterocycles. The first-order chi connectivity index (χ1) is 15.2. The normalized spacial score (nSPS) is 10.6. The monoisotopic (exact) mass is 430 g/mol. The number of thioether (sulfide) groups is 1. The fourth-order valence-electron chi connectivity index (χ4n) is 2.99. The lowest BCUT2D eigenvalue weighted by molar-refractivity contribution is -0.113. The predicted octanol–water partition coefficient (Wildman–Crippen LogP) is 4.93. The van der Waals surface area contributed by atoms with Gasteiger partial charge in [0.1, 0.15) is 11.6 Å². The number of nitrogens with one attached hydrogen (secondary N) is 1. The standard InChI is InChI=1S/C24H22N4O2S/c1-28-22(16-18-10-4-2-5-11-18)26-27-24(28)31-17-23(29)25-20-14-8-9-15-21(20)30-19-12-6-3-7-13-19/h2-15H,16-17H2,1H3,(H,25,29). The largest absolute Gasteiger partial charge is 0.455 e. The lowest BCUT2D eigenvalue weighted by Gasteiger charge is -2.12. The maximum atomic E-state index is 12.6. The van der Waals surface area contributed by atoms with Gasteiger partial charge in [0.15, 0.2) is 10.9 Å². The summed E-state index contributed by atoms with van der Waals surface area (Å²) < 4.78 is 7.83. The van der Waals surface area contributed by atoms with E-state index in [0.717, 1.165) is 5.82 Å². The van der Waals surface area contributed by atoms with Gasteiger partial charge in [-0.25, -0.2) is 0 Å². The third kappa shape index (κ3) is 5.52. The summed E-state index contributed by atoms with van der Waals surface area (Å²) in [6, 6.07) is 27.0. The van der Waals surface area contributed by atoms with E-state index in [-0.39, 0.29) is 11.7 Å². The van der Waals surface area contributed by atoms with Crippen LogP contribution in [-0.2, 0) is 18.3 Å². The van der Waals surface area contributed by atoms with E-state index in [1.807, 2.05) is 84.4 Å². The van der Waals surface area contributed by atoms with Crippen LogP contribution in [0.5, 0.6) is 11.5 Å². The van der Waals surface area contributed by atoms with E-state index in [1.165, 1.54) is 17.3 Å². The second-order valence-electron chi connectivity index (χ2n) is 6.87. The molecule has 0 spiro atoms. The van der Waals surface area contributed by atoms with E-state index in [9.17, 15) is 4.79 Å². The van der Waals surface area contributed by atoms with Crippen LogP contribution in [0.2, 0.25) is 0 Å². The van der Waals surface area contributed by atoms with Gasteiger partial charge in [-0.15, -0.1) is 10.2 Å². The molecule has 0 aliphatic rings. The number of amides is 1. The highest BCUT2D eigenvalue weighted by Crippen LogP contribution is 2.29. The number of hydrogen-bond acceptors (Lipinski definition) is 5. The molecule has 7 heteroatoms. The maximum Gasteiger partial charge on any atom is 0.234 e. The Bertz CT molecular complexity index is 1150. The average molecular weight is 431 g/mol.